The number of hydrogen-bond acceptors (Lipinski definition) is 4. The van der Waals surface area contributed by atoms with Crippen LogP contribution in [0.1, 0.15) is 41.2 Å². The number of carbonyl (C=O) groups excluding carboxylic acids is 2. The van der Waals surface area contributed by atoms with E-state index >= 15 is 0 Å². The Morgan fingerprint density at radius 2 is 1.77 bits per heavy atom. The molecule has 0 bridgehead atoms. The molecule has 0 spiro atoms. The van der Waals surface area contributed by atoms with Crippen molar-refractivity contribution in [3.05, 3.63) is 64.7 Å². The summed E-state index contributed by atoms with van der Waals surface area (Å²) < 4.78 is 5.25. The van der Waals surface area contributed by atoms with Gasteiger partial charge in [0.15, 0.2) is 0 Å². The van der Waals surface area contributed by atoms with Gasteiger partial charge in [-0.15, -0.1) is 0 Å². The first-order valence-electron chi connectivity index (χ1n) is 10.3. The number of rotatable bonds is 9. The molecule has 2 aromatic rings. The third-order valence-electron chi connectivity index (χ3n) is 5.33. The van der Waals surface area contributed by atoms with Crippen LogP contribution in [0.2, 0.25) is 5.02 Å². The predicted octanol–water partition coefficient (Wildman–Crippen LogP) is 3.42. The molecule has 0 unspecified atom stereocenters. The van der Waals surface area contributed by atoms with Gasteiger partial charge in [-0.1, -0.05) is 35.9 Å². The summed E-state index contributed by atoms with van der Waals surface area (Å²) in [5.41, 5.74) is 1.57. The van der Waals surface area contributed by atoms with Gasteiger partial charge in [0.25, 0.3) is 5.91 Å². The number of hydrogen-bond donors (Lipinski definition) is 2. The normalized spacial score (nSPS) is 14.9. The average molecular weight is 430 g/mol. The molecular weight excluding hydrogens is 402 g/mol. The van der Waals surface area contributed by atoms with Gasteiger partial charge >= 0.3 is 0 Å². The summed E-state index contributed by atoms with van der Waals surface area (Å²) in [6, 6.07) is 15.0. The number of nitrogens with one attached hydrogen (secondary N) is 2. The molecule has 1 saturated heterocycles. The number of amides is 2. The van der Waals surface area contributed by atoms with Gasteiger partial charge in [0, 0.05) is 19.5 Å². The molecule has 1 heterocycles. The Balaban J connectivity index is 1.50. The van der Waals surface area contributed by atoms with Crippen molar-refractivity contribution in [1.82, 2.24) is 15.5 Å². The number of methoxy groups -OCH3 is 1. The van der Waals surface area contributed by atoms with E-state index in [1.165, 1.54) is 12.8 Å². The maximum absolute atomic E-state index is 12.4. The molecule has 1 aliphatic rings. The molecule has 1 fully saturated rings. The van der Waals surface area contributed by atoms with Gasteiger partial charge in [-0.05, 0) is 55.8 Å². The van der Waals surface area contributed by atoms with E-state index < -0.39 is 0 Å². The third-order valence-corrected chi connectivity index (χ3v) is 5.66. The van der Waals surface area contributed by atoms with Gasteiger partial charge in [-0.25, -0.2) is 0 Å². The first-order valence-corrected chi connectivity index (χ1v) is 10.6. The van der Waals surface area contributed by atoms with Crippen molar-refractivity contribution in [1.29, 1.82) is 0 Å². The standard InChI is InChI=1S/C23H28ClN3O3/c1-30-18-10-8-17(9-11-18)21(27-14-4-5-15-27)16-26-22(28)12-13-25-23(29)19-6-2-3-7-20(19)24/h2-3,6-11,21H,4-5,12-16H2,1H3,(H,25,29)(H,26,28)/t21-/m0/s1. The molecule has 0 radical (unpaired) electrons. The number of likely N-dealkylation sites (tertiary alicyclic amines) is 1. The van der Waals surface area contributed by atoms with Gasteiger partial charge in [-0.3, -0.25) is 14.5 Å². The molecule has 30 heavy (non-hydrogen) atoms. The zero-order valence-electron chi connectivity index (χ0n) is 17.2. The Bertz CT molecular complexity index is 851. The van der Waals surface area contributed by atoms with Crippen LogP contribution < -0.4 is 15.4 Å². The molecule has 2 N–H and O–H groups in total. The van der Waals surface area contributed by atoms with Gasteiger partial charge in [-0.2, -0.15) is 0 Å². The quantitative estimate of drug-likeness (QED) is 0.640. The van der Waals surface area contributed by atoms with Gasteiger partial charge in [0.1, 0.15) is 5.75 Å². The highest BCUT2D eigenvalue weighted by atomic mass is 35.5. The first kappa shape index (κ1) is 22.1. The van der Waals surface area contributed by atoms with E-state index in [1.54, 1.807) is 31.4 Å². The minimum atomic E-state index is -0.276. The summed E-state index contributed by atoms with van der Waals surface area (Å²) in [7, 11) is 1.65. The maximum Gasteiger partial charge on any atom is 0.252 e. The van der Waals surface area contributed by atoms with Crippen LogP contribution in [-0.4, -0.2) is 50.0 Å². The molecule has 1 atom stereocenters. The zero-order chi connectivity index (χ0) is 21.3. The SMILES string of the molecule is COc1ccc([C@H](CNC(=O)CCNC(=O)c2ccccc2Cl)N2CCCC2)cc1. The molecule has 7 heteroatoms. The maximum atomic E-state index is 12.4. The van der Waals surface area contributed by atoms with E-state index in [9.17, 15) is 9.59 Å². The first-order chi connectivity index (χ1) is 14.6. The molecule has 0 saturated carbocycles. The van der Waals surface area contributed by atoms with Crippen molar-refractivity contribution < 1.29 is 14.3 Å². The molecule has 2 aromatic carbocycles. The van der Waals surface area contributed by atoms with Crippen LogP contribution in [0.3, 0.4) is 0 Å². The number of ether oxygens (including phenoxy) is 1. The van der Waals surface area contributed by atoms with Crippen molar-refractivity contribution in [2.24, 2.45) is 0 Å². The Kier molecular flexibility index (Phi) is 8.11. The van der Waals surface area contributed by atoms with Crippen LogP contribution in [0, 0.1) is 0 Å². The second kappa shape index (κ2) is 11.0. The van der Waals surface area contributed by atoms with E-state index in [-0.39, 0.29) is 30.8 Å². The van der Waals surface area contributed by atoms with Crippen LogP contribution in [0.15, 0.2) is 48.5 Å². The lowest BCUT2D eigenvalue weighted by Crippen LogP contribution is -2.38. The largest absolute Gasteiger partial charge is 0.497 e. The van der Waals surface area contributed by atoms with Gasteiger partial charge < -0.3 is 15.4 Å². The fourth-order valence-electron chi connectivity index (χ4n) is 3.67. The van der Waals surface area contributed by atoms with E-state index in [4.69, 9.17) is 16.3 Å². The predicted molar refractivity (Wildman–Crippen MR) is 118 cm³/mol. The highest BCUT2D eigenvalue weighted by Crippen LogP contribution is 2.26. The Morgan fingerprint density at radius 3 is 2.43 bits per heavy atom. The smallest absolute Gasteiger partial charge is 0.252 e. The van der Waals surface area contributed by atoms with E-state index in [0.29, 0.717) is 17.1 Å². The van der Waals surface area contributed by atoms with Gasteiger partial charge in [0.2, 0.25) is 5.91 Å². The molecule has 6 nitrogen and oxygen atoms in total. The molecule has 0 aromatic heterocycles. The number of benzene rings is 2. The monoisotopic (exact) mass is 429 g/mol. The van der Waals surface area contributed by atoms with Gasteiger partial charge in [0.05, 0.1) is 23.7 Å². The molecule has 1 aliphatic heterocycles. The lowest BCUT2D eigenvalue weighted by atomic mass is 10.1. The number of nitrogens with zero attached hydrogens (tertiary/aromatic N) is 1. The third kappa shape index (κ3) is 5.97. The van der Waals surface area contributed by atoms with Crippen LogP contribution >= 0.6 is 11.6 Å². The average Bonchev–Trinajstić information content (AvgIpc) is 3.29. The Labute approximate surface area is 182 Å². The molecule has 3 rings (SSSR count). The number of carbonyl (C=O) groups is 2. The highest BCUT2D eigenvalue weighted by molar-refractivity contribution is 6.33. The summed E-state index contributed by atoms with van der Waals surface area (Å²) in [4.78, 5) is 26.9. The van der Waals surface area contributed by atoms with Crippen molar-refractivity contribution >= 4 is 23.4 Å². The molecule has 2 amide bonds. The van der Waals surface area contributed by atoms with Crippen LogP contribution in [0.4, 0.5) is 0 Å². The lowest BCUT2D eigenvalue weighted by Gasteiger charge is -2.28. The van der Waals surface area contributed by atoms with Crippen molar-refractivity contribution in [2.75, 3.05) is 33.3 Å². The molecule has 0 aliphatic carbocycles. The van der Waals surface area contributed by atoms with Crippen molar-refractivity contribution in [3.8, 4) is 5.75 Å². The Hall–Kier alpha value is -2.57. The lowest BCUT2D eigenvalue weighted by molar-refractivity contribution is -0.121. The minimum absolute atomic E-state index is 0.0906. The number of halogens is 1. The fourth-order valence-corrected chi connectivity index (χ4v) is 3.89. The molecular formula is C23H28ClN3O3. The highest BCUT2D eigenvalue weighted by Gasteiger charge is 2.24. The molecule has 160 valence electrons. The minimum Gasteiger partial charge on any atom is -0.497 e. The summed E-state index contributed by atoms with van der Waals surface area (Å²) in [6.07, 6.45) is 2.56. The summed E-state index contributed by atoms with van der Waals surface area (Å²) >= 11 is 6.03. The van der Waals surface area contributed by atoms with Crippen molar-refractivity contribution in [2.45, 2.75) is 25.3 Å². The fraction of sp³-hybridized carbons (Fsp3) is 0.391. The second-order valence-corrected chi connectivity index (χ2v) is 7.73. The summed E-state index contributed by atoms with van der Waals surface area (Å²) in [5, 5.41) is 6.17. The van der Waals surface area contributed by atoms with E-state index in [0.717, 1.165) is 24.4 Å². The van der Waals surface area contributed by atoms with Crippen LogP contribution in [0.5, 0.6) is 5.75 Å². The van der Waals surface area contributed by atoms with E-state index in [1.807, 2.05) is 12.1 Å². The topological polar surface area (TPSA) is 70.7 Å². The Morgan fingerprint density at radius 1 is 1.07 bits per heavy atom. The van der Waals surface area contributed by atoms with Crippen molar-refractivity contribution in [3.63, 3.8) is 0 Å². The van der Waals surface area contributed by atoms with Crippen LogP contribution in [-0.2, 0) is 4.79 Å². The van der Waals surface area contributed by atoms with E-state index in [2.05, 4.69) is 27.7 Å². The second-order valence-electron chi connectivity index (χ2n) is 7.32. The zero-order valence-corrected chi connectivity index (χ0v) is 18.0. The summed E-state index contributed by atoms with van der Waals surface area (Å²) in [6.45, 7) is 2.84. The van der Waals surface area contributed by atoms with Crippen LogP contribution in [0.25, 0.3) is 0 Å². The summed E-state index contributed by atoms with van der Waals surface area (Å²) in [5.74, 6) is 0.450.